The molecule has 1 fully saturated rings. The van der Waals surface area contributed by atoms with Crippen molar-refractivity contribution in [3.63, 3.8) is 0 Å². The summed E-state index contributed by atoms with van der Waals surface area (Å²) in [5.41, 5.74) is -0.884. The maximum Gasteiger partial charge on any atom is 0.311 e. The smallest absolute Gasteiger partial charge is 0.311 e. The van der Waals surface area contributed by atoms with Gasteiger partial charge >= 0.3 is 5.97 Å². The van der Waals surface area contributed by atoms with Gasteiger partial charge in [0.15, 0.2) is 0 Å². The van der Waals surface area contributed by atoms with Gasteiger partial charge in [-0.3, -0.25) is 14.4 Å². The van der Waals surface area contributed by atoms with Crippen molar-refractivity contribution in [2.75, 3.05) is 13.1 Å². The molecule has 0 bridgehead atoms. The van der Waals surface area contributed by atoms with E-state index in [1.165, 1.54) is 23.2 Å². The van der Waals surface area contributed by atoms with E-state index in [1.807, 2.05) is 6.92 Å². The highest BCUT2D eigenvalue weighted by Gasteiger charge is 2.45. The Balaban J connectivity index is 2.18. The first-order valence-electron chi connectivity index (χ1n) is 6.70. The van der Waals surface area contributed by atoms with Crippen molar-refractivity contribution in [3.05, 3.63) is 34.2 Å². The van der Waals surface area contributed by atoms with Gasteiger partial charge in [0.05, 0.1) is 5.41 Å². The quantitative estimate of drug-likeness (QED) is 0.862. The van der Waals surface area contributed by atoms with Crippen LogP contribution in [0.5, 0.6) is 0 Å². The lowest BCUT2D eigenvalue weighted by Crippen LogP contribution is -2.37. The SMILES string of the molecule is CCCC1(C(=O)O)CCN(C(=O)c2cc[nH]c(=O)c2)C1. The van der Waals surface area contributed by atoms with Crippen LogP contribution in [0.3, 0.4) is 0 Å². The second-order valence-electron chi connectivity index (χ2n) is 5.25. The van der Waals surface area contributed by atoms with Crippen LogP contribution in [0, 0.1) is 5.41 Å². The standard InChI is InChI=1S/C14H18N2O4/c1-2-4-14(13(19)20)5-7-16(9-14)12(18)10-3-6-15-11(17)8-10/h3,6,8H,2,4-5,7,9H2,1H3,(H,15,17)(H,19,20). The summed E-state index contributed by atoms with van der Waals surface area (Å²) in [5, 5.41) is 9.42. The number of nitrogens with one attached hydrogen (secondary N) is 1. The first kappa shape index (κ1) is 14.3. The fourth-order valence-corrected chi connectivity index (χ4v) is 2.77. The summed E-state index contributed by atoms with van der Waals surface area (Å²) < 4.78 is 0. The molecule has 1 atom stereocenters. The maximum atomic E-state index is 12.3. The Bertz CT molecular complexity index is 581. The molecule has 1 aromatic heterocycles. The van der Waals surface area contributed by atoms with Gasteiger partial charge in [0.1, 0.15) is 0 Å². The predicted molar refractivity (Wildman–Crippen MR) is 72.6 cm³/mol. The minimum absolute atomic E-state index is 0.210. The monoisotopic (exact) mass is 278 g/mol. The first-order chi connectivity index (χ1) is 9.48. The molecule has 2 heterocycles. The van der Waals surface area contributed by atoms with Crippen LogP contribution < -0.4 is 5.56 Å². The summed E-state index contributed by atoms with van der Waals surface area (Å²) in [6.45, 7) is 2.56. The number of carboxylic acid groups (broad SMARTS) is 1. The molecular weight excluding hydrogens is 260 g/mol. The number of H-pyrrole nitrogens is 1. The number of carboxylic acids is 1. The van der Waals surface area contributed by atoms with Crippen LogP contribution in [0.25, 0.3) is 0 Å². The topological polar surface area (TPSA) is 90.5 Å². The second-order valence-corrected chi connectivity index (χ2v) is 5.25. The molecule has 0 aliphatic carbocycles. The second kappa shape index (κ2) is 5.48. The average molecular weight is 278 g/mol. The maximum absolute atomic E-state index is 12.3. The number of amides is 1. The van der Waals surface area contributed by atoms with Crippen LogP contribution in [0.1, 0.15) is 36.5 Å². The molecule has 1 aromatic rings. The molecule has 2 rings (SSSR count). The molecule has 1 unspecified atom stereocenters. The lowest BCUT2D eigenvalue weighted by atomic mass is 9.83. The number of pyridine rings is 1. The van der Waals surface area contributed by atoms with Crippen LogP contribution >= 0.6 is 0 Å². The molecule has 1 saturated heterocycles. The molecule has 20 heavy (non-hydrogen) atoms. The number of carbonyl (C=O) groups is 2. The zero-order valence-corrected chi connectivity index (χ0v) is 11.4. The molecular formula is C14H18N2O4. The summed E-state index contributed by atoms with van der Waals surface area (Å²) in [7, 11) is 0. The number of hydrogen-bond donors (Lipinski definition) is 2. The molecule has 1 aliphatic rings. The molecule has 0 spiro atoms. The first-order valence-corrected chi connectivity index (χ1v) is 6.70. The average Bonchev–Trinajstić information content (AvgIpc) is 2.84. The molecule has 1 amide bonds. The summed E-state index contributed by atoms with van der Waals surface area (Å²) in [5.74, 6) is -1.13. The van der Waals surface area contributed by atoms with Gasteiger partial charge < -0.3 is 15.0 Å². The minimum atomic E-state index is -0.847. The van der Waals surface area contributed by atoms with Crippen molar-refractivity contribution in [1.29, 1.82) is 0 Å². The third-order valence-electron chi connectivity index (χ3n) is 3.85. The van der Waals surface area contributed by atoms with Gasteiger partial charge in [-0.15, -0.1) is 0 Å². The highest BCUT2D eigenvalue weighted by Crippen LogP contribution is 2.36. The predicted octanol–water partition coefficient (Wildman–Crippen LogP) is 1.09. The van der Waals surface area contributed by atoms with Crippen molar-refractivity contribution >= 4 is 11.9 Å². The van der Waals surface area contributed by atoms with Gasteiger partial charge in [-0.2, -0.15) is 0 Å². The minimum Gasteiger partial charge on any atom is -0.481 e. The zero-order valence-electron chi connectivity index (χ0n) is 11.4. The zero-order chi connectivity index (χ0) is 14.8. The van der Waals surface area contributed by atoms with Gasteiger partial charge in [-0.25, -0.2) is 0 Å². The van der Waals surface area contributed by atoms with E-state index >= 15 is 0 Å². The summed E-state index contributed by atoms with van der Waals surface area (Å²) >= 11 is 0. The Labute approximate surface area is 116 Å². The normalized spacial score (nSPS) is 21.9. The van der Waals surface area contributed by atoms with Gasteiger partial charge in [-0.05, 0) is 18.9 Å². The molecule has 1 aliphatic heterocycles. The highest BCUT2D eigenvalue weighted by atomic mass is 16.4. The van der Waals surface area contributed by atoms with Crippen molar-refractivity contribution in [1.82, 2.24) is 9.88 Å². The van der Waals surface area contributed by atoms with Crippen LogP contribution in [0.15, 0.2) is 23.1 Å². The molecule has 108 valence electrons. The Hall–Kier alpha value is -2.11. The number of carbonyl (C=O) groups excluding carboxylic acids is 1. The Morgan fingerprint density at radius 3 is 2.85 bits per heavy atom. The van der Waals surface area contributed by atoms with E-state index in [2.05, 4.69) is 4.98 Å². The number of aliphatic carboxylic acids is 1. The number of hydrogen-bond acceptors (Lipinski definition) is 3. The summed E-state index contributed by atoms with van der Waals surface area (Å²) in [6.07, 6.45) is 3.20. The van der Waals surface area contributed by atoms with Gasteiger partial charge in [0.2, 0.25) is 5.56 Å². The van der Waals surface area contributed by atoms with E-state index in [0.29, 0.717) is 24.9 Å². The molecule has 0 aromatic carbocycles. The lowest BCUT2D eigenvalue weighted by molar-refractivity contribution is -0.148. The fourth-order valence-electron chi connectivity index (χ4n) is 2.77. The van der Waals surface area contributed by atoms with Crippen molar-refractivity contribution < 1.29 is 14.7 Å². The van der Waals surface area contributed by atoms with E-state index in [4.69, 9.17) is 0 Å². The van der Waals surface area contributed by atoms with Crippen molar-refractivity contribution in [3.8, 4) is 0 Å². The largest absolute Gasteiger partial charge is 0.481 e. The van der Waals surface area contributed by atoms with Crippen LogP contribution in [-0.4, -0.2) is 40.0 Å². The Kier molecular flexibility index (Phi) is 3.92. The highest BCUT2D eigenvalue weighted by molar-refractivity contribution is 5.94. The van der Waals surface area contributed by atoms with E-state index < -0.39 is 11.4 Å². The number of aromatic nitrogens is 1. The number of likely N-dealkylation sites (tertiary alicyclic amines) is 1. The van der Waals surface area contributed by atoms with Crippen molar-refractivity contribution in [2.45, 2.75) is 26.2 Å². The molecule has 0 saturated carbocycles. The van der Waals surface area contributed by atoms with E-state index in [9.17, 15) is 19.5 Å². The summed E-state index contributed by atoms with van der Waals surface area (Å²) in [4.78, 5) is 39.0. The van der Waals surface area contributed by atoms with Gasteiger partial charge in [0.25, 0.3) is 5.91 Å². The molecule has 6 heteroatoms. The number of aromatic amines is 1. The van der Waals surface area contributed by atoms with Gasteiger partial charge in [-0.1, -0.05) is 13.3 Å². The Morgan fingerprint density at radius 1 is 1.50 bits per heavy atom. The van der Waals surface area contributed by atoms with Crippen molar-refractivity contribution in [2.24, 2.45) is 5.41 Å². The number of nitrogens with zero attached hydrogens (tertiary/aromatic N) is 1. The van der Waals surface area contributed by atoms with Gasteiger partial charge in [0, 0.05) is 30.9 Å². The third-order valence-corrected chi connectivity index (χ3v) is 3.85. The fraction of sp³-hybridized carbons (Fsp3) is 0.500. The molecule has 0 radical (unpaired) electrons. The number of rotatable bonds is 4. The third kappa shape index (κ3) is 2.59. The lowest BCUT2D eigenvalue weighted by Gasteiger charge is -2.24. The van der Waals surface area contributed by atoms with E-state index in [0.717, 1.165) is 6.42 Å². The van der Waals surface area contributed by atoms with Crippen LogP contribution in [0.4, 0.5) is 0 Å². The molecule has 6 nitrogen and oxygen atoms in total. The molecule has 2 N–H and O–H groups in total. The van der Waals surface area contributed by atoms with E-state index in [1.54, 1.807) is 0 Å². The van der Waals surface area contributed by atoms with Crippen LogP contribution in [-0.2, 0) is 4.79 Å². The van der Waals surface area contributed by atoms with E-state index in [-0.39, 0.29) is 18.0 Å². The Morgan fingerprint density at radius 2 is 2.25 bits per heavy atom. The van der Waals surface area contributed by atoms with Crippen LogP contribution in [0.2, 0.25) is 0 Å². The summed E-state index contributed by atoms with van der Waals surface area (Å²) in [6, 6.07) is 2.77.